The minimum Gasteiger partial charge on any atom is -0.274 e. The molecule has 2 heterocycles. The fraction of sp³-hybridized carbons (Fsp3) is 0.348. The molecular formula is C23H27N7O. The van der Waals surface area contributed by atoms with Crippen LogP contribution in [0.1, 0.15) is 45.1 Å². The van der Waals surface area contributed by atoms with Crippen LogP contribution in [-0.4, -0.2) is 35.0 Å². The van der Waals surface area contributed by atoms with Gasteiger partial charge in [-0.3, -0.25) is 4.57 Å². The third-order valence-corrected chi connectivity index (χ3v) is 5.15. The molecule has 2 aromatic carbocycles. The molecule has 4 aromatic rings. The van der Waals surface area contributed by atoms with Crippen LogP contribution in [-0.2, 0) is 13.0 Å². The van der Waals surface area contributed by atoms with Crippen LogP contribution in [0.2, 0.25) is 0 Å². The van der Waals surface area contributed by atoms with Crippen molar-refractivity contribution in [2.45, 2.75) is 46.7 Å². The number of hydrogen-bond acceptors (Lipinski definition) is 5. The molecule has 0 atom stereocenters. The highest BCUT2D eigenvalue weighted by atomic mass is 16.2. The van der Waals surface area contributed by atoms with E-state index in [-0.39, 0.29) is 11.7 Å². The van der Waals surface area contributed by atoms with Gasteiger partial charge in [0.05, 0.1) is 12.6 Å². The topological polar surface area (TPSA) is 94.3 Å². The molecule has 0 unspecified atom stereocenters. The summed E-state index contributed by atoms with van der Waals surface area (Å²) in [7, 11) is 0. The first kappa shape index (κ1) is 20.7. The maximum absolute atomic E-state index is 12.9. The van der Waals surface area contributed by atoms with Crippen molar-refractivity contribution >= 4 is 0 Å². The van der Waals surface area contributed by atoms with E-state index in [4.69, 9.17) is 0 Å². The Morgan fingerprint density at radius 1 is 0.968 bits per heavy atom. The van der Waals surface area contributed by atoms with E-state index in [1.54, 1.807) is 9.25 Å². The van der Waals surface area contributed by atoms with Gasteiger partial charge in [-0.15, -0.1) is 5.10 Å². The number of nitrogens with zero attached hydrogens (tertiary/aromatic N) is 6. The van der Waals surface area contributed by atoms with Gasteiger partial charge >= 0.3 is 5.69 Å². The molecule has 0 aliphatic rings. The molecule has 1 N–H and O–H groups in total. The Kier molecular flexibility index (Phi) is 5.79. The van der Waals surface area contributed by atoms with Crippen molar-refractivity contribution in [3.05, 3.63) is 70.4 Å². The third-order valence-electron chi connectivity index (χ3n) is 5.15. The molecule has 2 aromatic heterocycles. The van der Waals surface area contributed by atoms with E-state index < -0.39 is 0 Å². The van der Waals surface area contributed by atoms with Crippen LogP contribution in [0, 0.1) is 5.92 Å². The summed E-state index contributed by atoms with van der Waals surface area (Å²) in [6.07, 6.45) is 0.774. The van der Waals surface area contributed by atoms with Crippen LogP contribution in [0.5, 0.6) is 0 Å². The predicted molar refractivity (Wildman–Crippen MR) is 120 cm³/mol. The Bertz CT molecular complexity index is 1200. The molecule has 0 fully saturated rings. The van der Waals surface area contributed by atoms with Crippen LogP contribution >= 0.6 is 0 Å². The van der Waals surface area contributed by atoms with Gasteiger partial charge in [-0.25, -0.2) is 14.6 Å². The highest BCUT2D eigenvalue weighted by Crippen LogP contribution is 2.24. The molecule has 31 heavy (non-hydrogen) atoms. The number of hydrogen-bond donors (Lipinski definition) is 1. The highest BCUT2D eigenvalue weighted by Gasteiger charge is 2.16. The third kappa shape index (κ3) is 4.47. The molecule has 160 valence electrons. The zero-order chi connectivity index (χ0) is 22.0. The van der Waals surface area contributed by atoms with E-state index in [0.29, 0.717) is 18.3 Å². The highest BCUT2D eigenvalue weighted by molar-refractivity contribution is 5.70. The quantitative estimate of drug-likeness (QED) is 0.495. The van der Waals surface area contributed by atoms with E-state index in [0.717, 1.165) is 34.5 Å². The van der Waals surface area contributed by atoms with E-state index in [9.17, 15) is 4.79 Å². The number of nitrogens with one attached hydrogen (secondary N) is 1. The summed E-state index contributed by atoms with van der Waals surface area (Å²) in [5.41, 5.74) is 4.10. The van der Waals surface area contributed by atoms with Crippen LogP contribution < -0.4 is 5.69 Å². The zero-order valence-corrected chi connectivity index (χ0v) is 18.3. The molecule has 0 saturated carbocycles. The average molecular weight is 418 g/mol. The van der Waals surface area contributed by atoms with Gasteiger partial charge < -0.3 is 0 Å². The van der Waals surface area contributed by atoms with Crippen molar-refractivity contribution in [2.24, 2.45) is 5.92 Å². The number of H-pyrrole nitrogens is 1. The first-order chi connectivity index (χ1) is 14.9. The molecule has 0 amide bonds. The maximum atomic E-state index is 12.9. The number of benzene rings is 2. The monoisotopic (exact) mass is 417 g/mol. The van der Waals surface area contributed by atoms with Gasteiger partial charge in [0.15, 0.2) is 5.82 Å². The number of aromatic nitrogens is 7. The van der Waals surface area contributed by atoms with Crippen LogP contribution in [0.3, 0.4) is 0 Å². The summed E-state index contributed by atoms with van der Waals surface area (Å²) in [6.45, 7) is 8.75. The lowest BCUT2D eigenvalue weighted by Crippen LogP contribution is -2.27. The Morgan fingerprint density at radius 3 is 2.35 bits per heavy atom. The Labute approximate surface area is 180 Å². The lowest BCUT2D eigenvalue weighted by molar-refractivity contribution is 0.502. The molecule has 0 aliphatic carbocycles. The second-order valence-corrected chi connectivity index (χ2v) is 8.45. The second kappa shape index (κ2) is 8.67. The lowest BCUT2D eigenvalue weighted by Gasteiger charge is -2.09. The van der Waals surface area contributed by atoms with Gasteiger partial charge in [0.25, 0.3) is 0 Å². The fourth-order valence-corrected chi connectivity index (χ4v) is 3.58. The van der Waals surface area contributed by atoms with E-state index >= 15 is 0 Å². The summed E-state index contributed by atoms with van der Waals surface area (Å²) < 4.78 is 3.38. The Hall–Kier alpha value is -3.55. The van der Waals surface area contributed by atoms with Crippen molar-refractivity contribution in [1.82, 2.24) is 35.0 Å². The van der Waals surface area contributed by atoms with Crippen molar-refractivity contribution in [1.29, 1.82) is 0 Å². The maximum Gasteiger partial charge on any atom is 0.346 e. The number of rotatable bonds is 7. The minimum absolute atomic E-state index is 0.0360. The summed E-state index contributed by atoms with van der Waals surface area (Å²) in [5, 5.41) is 18.6. The van der Waals surface area contributed by atoms with Gasteiger partial charge in [-0.05, 0) is 52.9 Å². The standard InChI is InChI=1S/C23H27N7O/c1-15(2)12-21-26-30(16(3)4)23(31)29(21)14-17-8-10-18(11-9-17)19-6-5-7-20(13-19)22-24-27-28-25-22/h5-11,13,15-16H,12,14H2,1-4H3,(H,24,25,27,28). The predicted octanol–water partition coefficient (Wildman–Crippen LogP) is 3.72. The molecular weight excluding hydrogens is 390 g/mol. The van der Waals surface area contributed by atoms with Crippen LogP contribution in [0.25, 0.3) is 22.5 Å². The first-order valence-corrected chi connectivity index (χ1v) is 10.5. The molecule has 0 spiro atoms. The molecule has 0 bridgehead atoms. The van der Waals surface area contributed by atoms with Gasteiger partial charge in [0.2, 0.25) is 0 Å². The average Bonchev–Trinajstić information content (AvgIpc) is 3.39. The zero-order valence-electron chi connectivity index (χ0n) is 18.3. The summed E-state index contributed by atoms with van der Waals surface area (Å²) in [4.78, 5) is 12.9. The molecule has 8 heteroatoms. The molecule has 0 saturated heterocycles. The minimum atomic E-state index is -0.0527. The Morgan fingerprint density at radius 2 is 1.71 bits per heavy atom. The summed E-state index contributed by atoms with van der Waals surface area (Å²) in [5.74, 6) is 1.90. The smallest absolute Gasteiger partial charge is 0.274 e. The fourth-order valence-electron chi connectivity index (χ4n) is 3.58. The lowest BCUT2D eigenvalue weighted by atomic mass is 10.0. The first-order valence-electron chi connectivity index (χ1n) is 10.5. The molecule has 0 aliphatic heterocycles. The van der Waals surface area contributed by atoms with Crippen LogP contribution in [0.4, 0.5) is 0 Å². The van der Waals surface area contributed by atoms with Gasteiger partial charge in [-0.2, -0.15) is 5.10 Å². The van der Waals surface area contributed by atoms with Crippen molar-refractivity contribution in [3.63, 3.8) is 0 Å². The van der Waals surface area contributed by atoms with Gasteiger partial charge in [-0.1, -0.05) is 56.3 Å². The molecule has 0 radical (unpaired) electrons. The van der Waals surface area contributed by atoms with Crippen molar-refractivity contribution in [2.75, 3.05) is 0 Å². The van der Waals surface area contributed by atoms with Crippen molar-refractivity contribution < 1.29 is 0 Å². The van der Waals surface area contributed by atoms with Gasteiger partial charge in [0, 0.05) is 12.0 Å². The van der Waals surface area contributed by atoms with Crippen molar-refractivity contribution in [3.8, 4) is 22.5 Å². The number of tetrazole rings is 1. The van der Waals surface area contributed by atoms with E-state index in [1.165, 1.54) is 0 Å². The SMILES string of the molecule is CC(C)Cc1nn(C(C)C)c(=O)n1Cc1ccc(-c2cccc(-c3nnn[nH]3)c2)cc1. The molecule has 4 rings (SSSR count). The summed E-state index contributed by atoms with van der Waals surface area (Å²) >= 11 is 0. The van der Waals surface area contributed by atoms with Gasteiger partial charge in [0.1, 0.15) is 5.82 Å². The summed E-state index contributed by atoms with van der Waals surface area (Å²) in [6, 6.07) is 16.4. The largest absolute Gasteiger partial charge is 0.346 e. The van der Waals surface area contributed by atoms with Crippen LogP contribution in [0.15, 0.2) is 53.3 Å². The molecule has 8 nitrogen and oxygen atoms in total. The number of aromatic amines is 1. The normalized spacial score (nSPS) is 11.5. The second-order valence-electron chi connectivity index (χ2n) is 8.45. The Balaban J connectivity index is 1.60. The van der Waals surface area contributed by atoms with E-state index in [2.05, 4.69) is 76.0 Å². The van der Waals surface area contributed by atoms with E-state index in [1.807, 2.05) is 26.0 Å².